The number of carbonyl (C=O) groups excluding carboxylic acids is 1. The van der Waals surface area contributed by atoms with Gasteiger partial charge in [0.25, 0.3) is 0 Å². The van der Waals surface area contributed by atoms with Crippen molar-refractivity contribution in [3.8, 4) is 0 Å². The van der Waals surface area contributed by atoms with E-state index < -0.39 is 17.7 Å². The Balaban J connectivity index is 2.21. The summed E-state index contributed by atoms with van der Waals surface area (Å²) in [6.45, 7) is 1.71. The smallest absolute Gasteiger partial charge is 0.416 e. The first-order valence-electron chi connectivity index (χ1n) is 8.51. The van der Waals surface area contributed by atoms with Gasteiger partial charge in [0.15, 0.2) is 5.71 Å². The molecule has 0 radical (unpaired) electrons. The summed E-state index contributed by atoms with van der Waals surface area (Å²) in [6.07, 6.45) is -3.04. The Bertz CT molecular complexity index is 920. The van der Waals surface area contributed by atoms with E-state index in [0.717, 1.165) is 12.1 Å². The molecule has 5 nitrogen and oxygen atoms in total. The minimum atomic E-state index is -4.42. The van der Waals surface area contributed by atoms with Crippen LogP contribution < -0.4 is 0 Å². The van der Waals surface area contributed by atoms with Crippen LogP contribution in [0.4, 0.5) is 13.2 Å². The summed E-state index contributed by atoms with van der Waals surface area (Å²) in [5.74, 6) is -0.671. The number of carbonyl (C=O) groups is 1. The molecule has 2 aromatic carbocycles. The summed E-state index contributed by atoms with van der Waals surface area (Å²) >= 11 is 0. The highest BCUT2D eigenvalue weighted by molar-refractivity contribution is 6.43. The SMILES string of the molecule is CO/N=C(/C(=O)OC)c1ccccc1CO/C=C(\C)c1cccc(C(F)(F)F)c1. The van der Waals surface area contributed by atoms with E-state index >= 15 is 0 Å². The quantitative estimate of drug-likeness (QED) is 0.286. The van der Waals surface area contributed by atoms with Crippen LogP contribution in [0.2, 0.25) is 0 Å². The minimum absolute atomic E-state index is 0.0206. The molecule has 0 atom stereocenters. The van der Waals surface area contributed by atoms with Crippen LogP contribution in [0.1, 0.15) is 29.2 Å². The molecule has 2 aromatic rings. The number of nitrogens with zero attached hydrogens (tertiary/aromatic N) is 1. The lowest BCUT2D eigenvalue weighted by molar-refractivity contribution is -0.137. The van der Waals surface area contributed by atoms with E-state index in [1.165, 1.54) is 26.5 Å². The molecule has 0 saturated heterocycles. The minimum Gasteiger partial charge on any atom is -0.496 e. The van der Waals surface area contributed by atoms with Crippen LogP contribution >= 0.6 is 0 Å². The Morgan fingerprint density at radius 2 is 1.83 bits per heavy atom. The molecular formula is C21H20F3NO4. The average Bonchev–Trinajstić information content (AvgIpc) is 2.71. The number of allylic oxidation sites excluding steroid dienone is 1. The van der Waals surface area contributed by atoms with Crippen molar-refractivity contribution in [1.82, 2.24) is 0 Å². The van der Waals surface area contributed by atoms with Crippen molar-refractivity contribution in [3.63, 3.8) is 0 Å². The molecule has 0 N–H and O–H groups in total. The van der Waals surface area contributed by atoms with E-state index in [1.807, 2.05) is 0 Å². The normalized spacial score (nSPS) is 12.5. The molecule has 0 bridgehead atoms. The van der Waals surface area contributed by atoms with Crippen molar-refractivity contribution in [2.75, 3.05) is 14.2 Å². The van der Waals surface area contributed by atoms with Gasteiger partial charge in [-0.25, -0.2) is 4.79 Å². The number of oxime groups is 1. The number of alkyl halides is 3. The lowest BCUT2D eigenvalue weighted by Crippen LogP contribution is -2.19. The van der Waals surface area contributed by atoms with Crippen LogP contribution in [-0.4, -0.2) is 25.9 Å². The Hall–Kier alpha value is -3.29. The summed E-state index contributed by atoms with van der Waals surface area (Å²) in [4.78, 5) is 16.7. The van der Waals surface area contributed by atoms with Gasteiger partial charge >= 0.3 is 12.1 Å². The number of hydrogen-bond donors (Lipinski definition) is 0. The second-order valence-electron chi connectivity index (χ2n) is 5.96. The van der Waals surface area contributed by atoms with Gasteiger partial charge in [-0.1, -0.05) is 41.6 Å². The van der Waals surface area contributed by atoms with Crippen LogP contribution in [0, 0.1) is 0 Å². The molecule has 0 aliphatic heterocycles. The highest BCUT2D eigenvalue weighted by atomic mass is 19.4. The van der Waals surface area contributed by atoms with E-state index in [2.05, 4.69) is 5.16 Å². The Morgan fingerprint density at radius 1 is 1.10 bits per heavy atom. The summed E-state index contributed by atoms with van der Waals surface area (Å²) < 4.78 is 48.9. The molecular weight excluding hydrogens is 387 g/mol. The van der Waals surface area contributed by atoms with Gasteiger partial charge in [-0.15, -0.1) is 0 Å². The van der Waals surface area contributed by atoms with Crippen molar-refractivity contribution in [2.45, 2.75) is 19.7 Å². The molecule has 29 heavy (non-hydrogen) atoms. The van der Waals surface area contributed by atoms with E-state index in [0.29, 0.717) is 22.3 Å². The third kappa shape index (κ3) is 5.84. The number of rotatable bonds is 7. The summed E-state index contributed by atoms with van der Waals surface area (Å²) in [5.41, 5.74) is 1.25. The Kier molecular flexibility index (Phi) is 7.41. The third-order valence-electron chi connectivity index (χ3n) is 3.98. The number of methoxy groups -OCH3 is 1. The van der Waals surface area contributed by atoms with Gasteiger partial charge in [-0.05, 0) is 35.8 Å². The lowest BCUT2D eigenvalue weighted by Gasteiger charge is -2.11. The summed E-state index contributed by atoms with van der Waals surface area (Å²) in [7, 11) is 2.54. The van der Waals surface area contributed by atoms with Crippen molar-refractivity contribution in [1.29, 1.82) is 0 Å². The monoisotopic (exact) mass is 407 g/mol. The third-order valence-corrected chi connectivity index (χ3v) is 3.98. The zero-order valence-corrected chi connectivity index (χ0v) is 16.1. The Labute approximate surface area is 166 Å². The molecule has 0 unspecified atom stereocenters. The van der Waals surface area contributed by atoms with Gasteiger partial charge in [0, 0.05) is 5.56 Å². The zero-order chi connectivity index (χ0) is 21.4. The van der Waals surface area contributed by atoms with Crippen LogP contribution in [-0.2, 0) is 31.9 Å². The molecule has 0 spiro atoms. The van der Waals surface area contributed by atoms with E-state index in [9.17, 15) is 18.0 Å². The molecule has 0 heterocycles. The van der Waals surface area contributed by atoms with Crippen molar-refractivity contribution >= 4 is 17.3 Å². The van der Waals surface area contributed by atoms with E-state index in [-0.39, 0.29) is 12.3 Å². The number of esters is 1. The van der Waals surface area contributed by atoms with Gasteiger partial charge < -0.3 is 14.3 Å². The maximum Gasteiger partial charge on any atom is 0.416 e. The first-order valence-corrected chi connectivity index (χ1v) is 8.51. The number of ether oxygens (including phenoxy) is 2. The van der Waals surface area contributed by atoms with Crippen LogP contribution in [0.3, 0.4) is 0 Å². The predicted octanol–water partition coefficient (Wildman–Crippen LogP) is 4.81. The fourth-order valence-corrected chi connectivity index (χ4v) is 2.53. The fraction of sp³-hybridized carbons (Fsp3) is 0.238. The molecule has 0 fully saturated rings. The van der Waals surface area contributed by atoms with Gasteiger partial charge in [0.2, 0.25) is 0 Å². The van der Waals surface area contributed by atoms with E-state index in [4.69, 9.17) is 14.3 Å². The molecule has 0 aliphatic rings. The maximum absolute atomic E-state index is 12.9. The van der Waals surface area contributed by atoms with Gasteiger partial charge in [-0.3, -0.25) is 0 Å². The number of halogens is 3. The predicted molar refractivity (Wildman–Crippen MR) is 102 cm³/mol. The first-order chi connectivity index (χ1) is 13.8. The standard InChI is InChI=1S/C21H20F3NO4/c1-14(15-8-6-9-17(11-15)21(22,23)24)12-29-13-16-7-4-5-10-18(16)19(25-28-3)20(26)27-2/h4-12H,13H2,1-3H3/b14-12+,25-19+. The number of hydrogen-bond acceptors (Lipinski definition) is 5. The second kappa shape index (κ2) is 9.77. The largest absolute Gasteiger partial charge is 0.496 e. The summed E-state index contributed by atoms with van der Waals surface area (Å²) in [6, 6.07) is 11.9. The van der Waals surface area contributed by atoms with Gasteiger partial charge in [0.1, 0.15) is 13.7 Å². The molecule has 0 amide bonds. The Morgan fingerprint density at radius 3 is 2.48 bits per heavy atom. The van der Waals surface area contributed by atoms with Crippen LogP contribution in [0.5, 0.6) is 0 Å². The lowest BCUT2D eigenvalue weighted by atomic mass is 10.0. The van der Waals surface area contributed by atoms with E-state index in [1.54, 1.807) is 37.3 Å². The number of benzene rings is 2. The van der Waals surface area contributed by atoms with Gasteiger partial charge in [0.05, 0.1) is 18.9 Å². The van der Waals surface area contributed by atoms with Crippen molar-refractivity contribution in [2.24, 2.45) is 5.16 Å². The second-order valence-corrected chi connectivity index (χ2v) is 5.96. The zero-order valence-electron chi connectivity index (χ0n) is 16.1. The highest BCUT2D eigenvalue weighted by Gasteiger charge is 2.30. The van der Waals surface area contributed by atoms with Crippen LogP contribution in [0.15, 0.2) is 59.9 Å². The topological polar surface area (TPSA) is 57.1 Å². The molecule has 0 aromatic heterocycles. The molecule has 154 valence electrons. The molecule has 8 heteroatoms. The van der Waals surface area contributed by atoms with Crippen LogP contribution in [0.25, 0.3) is 5.57 Å². The average molecular weight is 407 g/mol. The van der Waals surface area contributed by atoms with Gasteiger partial charge in [-0.2, -0.15) is 13.2 Å². The highest BCUT2D eigenvalue weighted by Crippen LogP contribution is 2.31. The van der Waals surface area contributed by atoms with Crippen molar-refractivity contribution in [3.05, 3.63) is 77.0 Å². The molecule has 0 saturated carbocycles. The molecule has 2 rings (SSSR count). The summed E-state index contributed by atoms with van der Waals surface area (Å²) in [5, 5.41) is 3.71. The van der Waals surface area contributed by atoms with Crippen molar-refractivity contribution < 1.29 is 32.3 Å². The molecule has 0 aliphatic carbocycles. The first kappa shape index (κ1) is 22.0. The fourth-order valence-electron chi connectivity index (χ4n) is 2.53. The maximum atomic E-state index is 12.9.